The van der Waals surface area contributed by atoms with Crippen LogP contribution in [0.15, 0.2) is 73.3 Å². The van der Waals surface area contributed by atoms with Crippen molar-refractivity contribution in [3.63, 3.8) is 0 Å². The molecule has 0 aliphatic heterocycles. The van der Waals surface area contributed by atoms with Gasteiger partial charge in [-0.15, -0.1) is 6.58 Å². The molecule has 0 aromatic heterocycles. The minimum absolute atomic E-state index is 0.227. The zero-order valence-electron chi connectivity index (χ0n) is 13.2. The number of anilines is 2. The molecule has 2 aromatic carbocycles. The third kappa shape index (κ3) is 5.17. The Labute approximate surface area is 140 Å². The maximum atomic E-state index is 12.2. The number of carbonyl (C=O) groups excluding carboxylic acids is 2. The minimum atomic E-state index is -0.894. The predicted molar refractivity (Wildman–Crippen MR) is 94.7 cm³/mol. The van der Waals surface area contributed by atoms with Crippen LogP contribution < -0.4 is 21.7 Å². The fraction of sp³-hybridized carbons (Fsp3) is 0.111. The first-order chi connectivity index (χ1) is 11.7. The molecule has 0 radical (unpaired) electrons. The van der Waals surface area contributed by atoms with Gasteiger partial charge in [-0.25, -0.2) is 0 Å². The molecule has 0 saturated carbocycles. The Morgan fingerprint density at radius 3 is 1.62 bits per heavy atom. The second-order valence-corrected chi connectivity index (χ2v) is 5.04. The quantitative estimate of drug-likeness (QED) is 0.341. The summed E-state index contributed by atoms with van der Waals surface area (Å²) < 4.78 is 0. The molecule has 0 aliphatic carbocycles. The van der Waals surface area contributed by atoms with Crippen LogP contribution in [-0.4, -0.2) is 11.8 Å². The van der Waals surface area contributed by atoms with Crippen LogP contribution in [-0.2, 0) is 9.59 Å². The van der Waals surface area contributed by atoms with Gasteiger partial charge in [-0.05, 0) is 30.7 Å². The van der Waals surface area contributed by atoms with E-state index in [-0.39, 0.29) is 6.42 Å². The summed E-state index contributed by atoms with van der Waals surface area (Å²) in [6.45, 7) is 3.60. The number of benzene rings is 2. The molecule has 2 rings (SSSR count). The largest absolute Gasteiger partial charge is 0.299 e. The highest BCUT2D eigenvalue weighted by Crippen LogP contribution is 2.08. The van der Waals surface area contributed by atoms with E-state index in [4.69, 9.17) is 0 Å². The monoisotopic (exact) mass is 324 g/mol. The highest BCUT2D eigenvalue weighted by Gasteiger charge is 2.25. The number of amides is 2. The smallest absolute Gasteiger partial charge is 0.251 e. The number of allylic oxidation sites excluding steroid dienone is 1. The maximum Gasteiger partial charge on any atom is 0.251 e. The van der Waals surface area contributed by atoms with E-state index < -0.39 is 17.7 Å². The number of rotatable bonds is 8. The van der Waals surface area contributed by atoms with Crippen LogP contribution >= 0.6 is 0 Å². The van der Waals surface area contributed by atoms with Crippen LogP contribution in [0.25, 0.3) is 0 Å². The molecule has 24 heavy (non-hydrogen) atoms. The van der Waals surface area contributed by atoms with Crippen LogP contribution in [0.5, 0.6) is 0 Å². The molecule has 0 atom stereocenters. The normalized spacial score (nSPS) is 9.88. The molecule has 124 valence electrons. The summed E-state index contributed by atoms with van der Waals surface area (Å²) in [4.78, 5) is 24.5. The Morgan fingerprint density at radius 1 is 0.833 bits per heavy atom. The fourth-order valence-electron chi connectivity index (χ4n) is 1.98. The van der Waals surface area contributed by atoms with Crippen molar-refractivity contribution in [3.8, 4) is 0 Å². The Morgan fingerprint density at radius 2 is 1.25 bits per heavy atom. The van der Waals surface area contributed by atoms with Gasteiger partial charge in [0.25, 0.3) is 11.8 Å². The lowest BCUT2D eigenvalue weighted by molar-refractivity contribution is -0.134. The second kappa shape index (κ2) is 8.99. The lowest BCUT2D eigenvalue weighted by Crippen LogP contribution is -2.44. The summed E-state index contributed by atoms with van der Waals surface area (Å²) in [5, 5.41) is 0. The Kier molecular flexibility index (Phi) is 6.40. The first kappa shape index (κ1) is 17.1. The number of nitrogens with one attached hydrogen (secondary N) is 4. The van der Waals surface area contributed by atoms with E-state index in [1.165, 1.54) is 6.08 Å². The van der Waals surface area contributed by atoms with Crippen LogP contribution in [0, 0.1) is 5.92 Å². The topological polar surface area (TPSA) is 82.3 Å². The summed E-state index contributed by atoms with van der Waals surface area (Å²) in [6.07, 6.45) is 1.76. The van der Waals surface area contributed by atoms with E-state index in [9.17, 15) is 9.59 Å². The molecule has 2 amide bonds. The first-order valence-electron chi connectivity index (χ1n) is 7.53. The Hall–Kier alpha value is -3.28. The molecular formula is C18H20N4O2. The molecule has 0 unspecified atom stereocenters. The van der Waals surface area contributed by atoms with Crippen LogP contribution in [0.4, 0.5) is 11.4 Å². The van der Waals surface area contributed by atoms with Gasteiger partial charge in [0.15, 0.2) is 0 Å². The number of hydrogen-bond acceptors (Lipinski definition) is 4. The van der Waals surface area contributed by atoms with Gasteiger partial charge in [-0.2, -0.15) is 0 Å². The van der Waals surface area contributed by atoms with E-state index in [0.29, 0.717) is 0 Å². The molecule has 6 heteroatoms. The van der Waals surface area contributed by atoms with Gasteiger partial charge >= 0.3 is 0 Å². The Bertz CT molecular complexity index is 618. The van der Waals surface area contributed by atoms with Crippen molar-refractivity contribution in [3.05, 3.63) is 73.3 Å². The lowest BCUT2D eigenvalue weighted by Gasteiger charge is -2.17. The third-order valence-corrected chi connectivity index (χ3v) is 3.24. The van der Waals surface area contributed by atoms with E-state index in [2.05, 4.69) is 28.3 Å². The Balaban J connectivity index is 1.90. The number of para-hydroxylation sites is 2. The summed E-state index contributed by atoms with van der Waals surface area (Å²) >= 11 is 0. The number of carbonyl (C=O) groups is 2. The van der Waals surface area contributed by atoms with E-state index in [1.54, 1.807) is 24.3 Å². The molecule has 0 spiro atoms. The van der Waals surface area contributed by atoms with Crippen molar-refractivity contribution in [2.75, 3.05) is 10.9 Å². The maximum absolute atomic E-state index is 12.2. The summed E-state index contributed by atoms with van der Waals surface area (Å²) in [6, 6.07) is 18.3. The van der Waals surface area contributed by atoms with Crippen LogP contribution in [0.3, 0.4) is 0 Å². The number of hydrazine groups is 2. The highest BCUT2D eigenvalue weighted by atomic mass is 16.2. The molecule has 2 aromatic rings. The SMILES string of the molecule is C=CCC(C(=O)NNc1ccccc1)C(=O)NNc1ccccc1. The van der Waals surface area contributed by atoms with Crippen molar-refractivity contribution in [2.45, 2.75) is 6.42 Å². The van der Waals surface area contributed by atoms with Gasteiger partial charge in [-0.3, -0.25) is 31.3 Å². The summed E-state index contributed by atoms with van der Waals surface area (Å²) in [5.41, 5.74) is 12.1. The summed E-state index contributed by atoms with van der Waals surface area (Å²) in [7, 11) is 0. The van der Waals surface area contributed by atoms with Crippen molar-refractivity contribution in [1.29, 1.82) is 0 Å². The lowest BCUT2D eigenvalue weighted by atomic mass is 10.0. The third-order valence-electron chi connectivity index (χ3n) is 3.24. The molecule has 0 saturated heterocycles. The van der Waals surface area contributed by atoms with E-state index in [0.717, 1.165) is 11.4 Å². The van der Waals surface area contributed by atoms with Gasteiger partial charge in [0, 0.05) is 0 Å². The standard InChI is InChI=1S/C18H20N4O2/c1-2-9-16(17(23)21-19-14-10-5-3-6-11-14)18(24)22-20-15-12-7-4-8-13-15/h2-8,10-13,16,19-20H,1,9H2,(H,21,23)(H,22,24). The molecule has 0 bridgehead atoms. The van der Waals surface area contributed by atoms with Gasteiger partial charge in [0.1, 0.15) is 5.92 Å². The average Bonchev–Trinajstić information content (AvgIpc) is 2.64. The molecule has 0 aliphatic rings. The first-order valence-corrected chi connectivity index (χ1v) is 7.53. The van der Waals surface area contributed by atoms with Gasteiger partial charge in [0.2, 0.25) is 0 Å². The predicted octanol–water partition coefficient (Wildman–Crippen LogP) is 2.47. The van der Waals surface area contributed by atoms with Gasteiger partial charge in [-0.1, -0.05) is 42.5 Å². The number of hydrogen-bond donors (Lipinski definition) is 4. The zero-order chi connectivity index (χ0) is 17.2. The second-order valence-electron chi connectivity index (χ2n) is 5.04. The minimum Gasteiger partial charge on any atom is -0.299 e. The average molecular weight is 324 g/mol. The zero-order valence-corrected chi connectivity index (χ0v) is 13.2. The molecular weight excluding hydrogens is 304 g/mol. The van der Waals surface area contributed by atoms with Crippen molar-refractivity contribution < 1.29 is 9.59 Å². The van der Waals surface area contributed by atoms with Gasteiger partial charge in [0.05, 0.1) is 11.4 Å². The highest BCUT2D eigenvalue weighted by molar-refractivity contribution is 6.01. The molecule has 0 fully saturated rings. The van der Waals surface area contributed by atoms with E-state index >= 15 is 0 Å². The fourth-order valence-corrected chi connectivity index (χ4v) is 1.98. The van der Waals surface area contributed by atoms with Crippen LogP contribution in [0.1, 0.15) is 6.42 Å². The molecule has 6 nitrogen and oxygen atoms in total. The van der Waals surface area contributed by atoms with Crippen LogP contribution in [0.2, 0.25) is 0 Å². The summed E-state index contributed by atoms with van der Waals surface area (Å²) in [5.74, 6) is -1.77. The van der Waals surface area contributed by atoms with Crippen molar-refractivity contribution in [1.82, 2.24) is 10.9 Å². The molecule has 4 N–H and O–H groups in total. The van der Waals surface area contributed by atoms with Crippen molar-refractivity contribution >= 4 is 23.2 Å². The van der Waals surface area contributed by atoms with Gasteiger partial charge < -0.3 is 0 Å². The van der Waals surface area contributed by atoms with E-state index in [1.807, 2.05) is 36.4 Å². The van der Waals surface area contributed by atoms with Crippen molar-refractivity contribution in [2.24, 2.45) is 5.92 Å². The molecule has 0 heterocycles.